The summed E-state index contributed by atoms with van der Waals surface area (Å²) >= 11 is 0. The van der Waals surface area contributed by atoms with Gasteiger partial charge in [-0.15, -0.1) is 0 Å². The molecule has 21 heavy (non-hydrogen) atoms. The number of rotatable bonds is 4. The second-order valence-corrected chi connectivity index (χ2v) is 4.08. The van der Waals surface area contributed by atoms with E-state index in [1.165, 1.54) is 24.5 Å². The number of hydrogen-bond donors (Lipinski definition) is 2. The molecule has 0 fully saturated rings. The molecule has 0 saturated heterocycles. The van der Waals surface area contributed by atoms with Gasteiger partial charge in [0.25, 0.3) is 5.91 Å². The van der Waals surface area contributed by atoms with Gasteiger partial charge in [-0.05, 0) is 25.1 Å². The van der Waals surface area contributed by atoms with Gasteiger partial charge in [-0.1, -0.05) is 0 Å². The van der Waals surface area contributed by atoms with E-state index in [-0.39, 0.29) is 16.9 Å². The van der Waals surface area contributed by atoms with E-state index in [4.69, 9.17) is 5.26 Å². The number of halogens is 1. The largest absolute Gasteiger partial charge is 0.369 e. The number of nitrogens with one attached hydrogen (secondary N) is 2. The van der Waals surface area contributed by atoms with Crippen molar-refractivity contribution in [1.29, 1.82) is 5.26 Å². The summed E-state index contributed by atoms with van der Waals surface area (Å²) in [6.07, 6.45) is 2.72. The van der Waals surface area contributed by atoms with Crippen LogP contribution in [0.2, 0.25) is 0 Å². The first-order valence-corrected chi connectivity index (χ1v) is 6.21. The Kier molecular flexibility index (Phi) is 4.41. The second-order valence-electron chi connectivity index (χ2n) is 4.08. The Morgan fingerprint density at radius 1 is 1.38 bits per heavy atom. The zero-order valence-corrected chi connectivity index (χ0v) is 11.2. The van der Waals surface area contributed by atoms with E-state index in [1.54, 1.807) is 0 Å². The highest BCUT2D eigenvalue weighted by molar-refractivity contribution is 6.02. The van der Waals surface area contributed by atoms with Crippen molar-refractivity contribution in [2.24, 2.45) is 0 Å². The van der Waals surface area contributed by atoms with Gasteiger partial charge in [-0.3, -0.25) is 4.79 Å². The Morgan fingerprint density at radius 2 is 2.19 bits per heavy atom. The molecule has 0 unspecified atom stereocenters. The van der Waals surface area contributed by atoms with Crippen LogP contribution in [0, 0.1) is 17.1 Å². The van der Waals surface area contributed by atoms with Crippen LogP contribution >= 0.6 is 0 Å². The highest BCUT2D eigenvalue weighted by Gasteiger charge is 2.11. The van der Waals surface area contributed by atoms with Crippen LogP contribution in [0.3, 0.4) is 0 Å². The summed E-state index contributed by atoms with van der Waals surface area (Å²) < 4.78 is 13.7. The maximum absolute atomic E-state index is 13.7. The lowest BCUT2D eigenvalue weighted by atomic mass is 10.2. The van der Waals surface area contributed by atoms with Crippen molar-refractivity contribution >= 4 is 17.4 Å². The maximum atomic E-state index is 13.7. The monoisotopic (exact) mass is 285 g/mol. The number of anilines is 2. The summed E-state index contributed by atoms with van der Waals surface area (Å²) in [4.78, 5) is 19.9. The van der Waals surface area contributed by atoms with Gasteiger partial charge in [-0.2, -0.15) is 5.26 Å². The summed E-state index contributed by atoms with van der Waals surface area (Å²) in [5.41, 5.74) is 0.234. The maximum Gasteiger partial charge on any atom is 0.275 e. The molecule has 1 aromatic carbocycles. The van der Waals surface area contributed by atoms with Crippen LogP contribution in [0.4, 0.5) is 15.9 Å². The fourth-order valence-electron chi connectivity index (χ4n) is 1.59. The summed E-state index contributed by atoms with van der Waals surface area (Å²) in [5.74, 6) is -0.701. The van der Waals surface area contributed by atoms with Gasteiger partial charge in [0, 0.05) is 6.54 Å². The van der Waals surface area contributed by atoms with Gasteiger partial charge in [-0.25, -0.2) is 14.4 Å². The number of hydrogen-bond acceptors (Lipinski definition) is 5. The van der Waals surface area contributed by atoms with Crippen LogP contribution in [0.25, 0.3) is 0 Å². The molecule has 1 aromatic heterocycles. The molecular weight excluding hydrogens is 273 g/mol. The molecule has 106 valence electrons. The molecule has 7 heteroatoms. The number of benzene rings is 1. The summed E-state index contributed by atoms with van der Waals surface area (Å²) in [5, 5.41) is 14.0. The SMILES string of the molecule is CCNc1cnc(C(=O)Nc2ccc(C#N)cc2F)cn1. The van der Waals surface area contributed by atoms with Crippen LogP contribution in [-0.2, 0) is 0 Å². The predicted molar refractivity (Wildman–Crippen MR) is 75.3 cm³/mol. The standard InChI is InChI=1S/C14H12FN5O/c1-2-17-13-8-18-12(7-19-13)14(21)20-11-4-3-9(6-16)5-10(11)15/h3-5,7-8H,2H2,1H3,(H,17,19)(H,20,21). The van der Waals surface area contributed by atoms with E-state index in [2.05, 4.69) is 20.6 Å². The Labute approximate surface area is 120 Å². The first-order valence-electron chi connectivity index (χ1n) is 6.21. The zero-order valence-electron chi connectivity index (χ0n) is 11.2. The van der Waals surface area contributed by atoms with Crippen molar-refractivity contribution in [3.8, 4) is 6.07 Å². The molecule has 0 radical (unpaired) electrons. The van der Waals surface area contributed by atoms with Crippen molar-refractivity contribution in [2.45, 2.75) is 6.92 Å². The summed E-state index contributed by atoms with van der Waals surface area (Å²) in [7, 11) is 0. The summed E-state index contributed by atoms with van der Waals surface area (Å²) in [6.45, 7) is 2.60. The minimum absolute atomic E-state index is 0.0171. The normalized spacial score (nSPS) is 9.76. The van der Waals surface area contributed by atoms with E-state index in [0.29, 0.717) is 12.4 Å². The van der Waals surface area contributed by atoms with Gasteiger partial charge < -0.3 is 10.6 Å². The Morgan fingerprint density at radius 3 is 2.76 bits per heavy atom. The van der Waals surface area contributed by atoms with Gasteiger partial charge in [0.1, 0.15) is 17.3 Å². The van der Waals surface area contributed by atoms with Crippen molar-refractivity contribution < 1.29 is 9.18 Å². The molecule has 1 amide bonds. The fraction of sp³-hybridized carbons (Fsp3) is 0.143. The molecule has 2 N–H and O–H groups in total. The predicted octanol–water partition coefficient (Wildman–Crippen LogP) is 2.17. The van der Waals surface area contributed by atoms with E-state index in [1.807, 2.05) is 13.0 Å². The van der Waals surface area contributed by atoms with E-state index < -0.39 is 11.7 Å². The third-order valence-electron chi connectivity index (χ3n) is 2.59. The van der Waals surface area contributed by atoms with Gasteiger partial charge in [0.2, 0.25) is 0 Å². The topological polar surface area (TPSA) is 90.7 Å². The molecule has 0 aliphatic carbocycles. The van der Waals surface area contributed by atoms with Crippen molar-refractivity contribution in [2.75, 3.05) is 17.2 Å². The highest BCUT2D eigenvalue weighted by Crippen LogP contribution is 2.16. The molecule has 6 nitrogen and oxygen atoms in total. The summed E-state index contributed by atoms with van der Waals surface area (Å²) in [6, 6.07) is 5.61. The smallest absolute Gasteiger partial charge is 0.275 e. The lowest BCUT2D eigenvalue weighted by Gasteiger charge is -2.06. The lowest BCUT2D eigenvalue weighted by molar-refractivity contribution is 0.102. The highest BCUT2D eigenvalue weighted by atomic mass is 19.1. The van der Waals surface area contributed by atoms with Gasteiger partial charge >= 0.3 is 0 Å². The number of amides is 1. The van der Waals surface area contributed by atoms with Crippen molar-refractivity contribution in [3.05, 3.63) is 47.7 Å². The average Bonchev–Trinajstić information content (AvgIpc) is 2.50. The molecule has 0 saturated carbocycles. The van der Waals surface area contributed by atoms with Gasteiger partial charge in [0.05, 0.1) is 29.7 Å². The number of aromatic nitrogens is 2. The number of nitrogens with zero attached hydrogens (tertiary/aromatic N) is 3. The number of carbonyl (C=O) groups is 1. The first kappa shape index (κ1) is 14.4. The van der Waals surface area contributed by atoms with Crippen LogP contribution in [0.1, 0.15) is 23.0 Å². The molecule has 0 bridgehead atoms. The Hall–Kier alpha value is -3.01. The first-order chi connectivity index (χ1) is 10.1. The minimum Gasteiger partial charge on any atom is -0.369 e. The second kappa shape index (κ2) is 6.43. The fourth-order valence-corrected chi connectivity index (χ4v) is 1.59. The third-order valence-corrected chi connectivity index (χ3v) is 2.59. The molecule has 0 aliphatic heterocycles. The van der Waals surface area contributed by atoms with Crippen LogP contribution in [0.5, 0.6) is 0 Å². The molecule has 0 aliphatic rings. The number of nitriles is 1. The molecule has 2 aromatic rings. The Bertz CT molecular complexity index is 694. The molecule has 2 rings (SSSR count). The van der Waals surface area contributed by atoms with Crippen LogP contribution < -0.4 is 10.6 Å². The van der Waals surface area contributed by atoms with Crippen molar-refractivity contribution in [1.82, 2.24) is 9.97 Å². The Balaban J connectivity index is 2.12. The van der Waals surface area contributed by atoms with E-state index >= 15 is 0 Å². The van der Waals surface area contributed by atoms with E-state index in [9.17, 15) is 9.18 Å². The van der Waals surface area contributed by atoms with Gasteiger partial charge in [0.15, 0.2) is 0 Å². The zero-order chi connectivity index (χ0) is 15.2. The molecular formula is C14H12FN5O. The van der Waals surface area contributed by atoms with Crippen LogP contribution in [0.15, 0.2) is 30.6 Å². The molecule has 0 atom stereocenters. The third kappa shape index (κ3) is 3.51. The quantitative estimate of drug-likeness (QED) is 0.898. The molecule has 1 heterocycles. The molecule has 0 spiro atoms. The van der Waals surface area contributed by atoms with Crippen molar-refractivity contribution in [3.63, 3.8) is 0 Å². The number of carbonyl (C=O) groups excluding carboxylic acids is 1. The minimum atomic E-state index is -0.681. The lowest BCUT2D eigenvalue weighted by Crippen LogP contribution is -2.15. The van der Waals surface area contributed by atoms with Crippen LogP contribution in [-0.4, -0.2) is 22.4 Å². The van der Waals surface area contributed by atoms with E-state index in [0.717, 1.165) is 6.07 Å². The average molecular weight is 285 g/mol.